The van der Waals surface area contributed by atoms with E-state index >= 15 is 0 Å². The zero-order chi connectivity index (χ0) is 67.9. The number of nitrogens with one attached hydrogen (secondary N) is 3. The highest BCUT2D eigenvalue weighted by Gasteiger charge is 2.51. The highest BCUT2D eigenvalue weighted by Crippen LogP contribution is 2.66. The second-order valence-electron chi connectivity index (χ2n) is 23.7. The van der Waals surface area contributed by atoms with Crippen LogP contribution in [0.3, 0.4) is 0 Å². The van der Waals surface area contributed by atoms with Crippen molar-refractivity contribution in [2.75, 3.05) is 49.2 Å². The molecular weight excluding hydrogens is 1310 g/mol. The van der Waals surface area contributed by atoms with E-state index in [0.717, 1.165) is 51.2 Å². The van der Waals surface area contributed by atoms with Gasteiger partial charge in [-0.2, -0.15) is 35.0 Å². The molecule has 4 aliphatic rings. The van der Waals surface area contributed by atoms with E-state index in [9.17, 15) is 68.9 Å². The number of phosphoric ester groups is 1. The topological polar surface area (TPSA) is 471 Å². The maximum Gasteiger partial charge on any atom is 0.490 e. The number of fused-ring (bicyclic) bond motifs is 4. The van der Waals surface area contributed by atoms with Gasteiger partial charge in [0.15, 0.2) is 29.2 Å². The minimum atomic E-state index is -5.95. The van der Waals surface area contributed by atoms with E-state index in [1.54, 1.807) is 22.8 Å². The summed E-state index contributed by atoms with van der Waals surface area (Å²) in [5.41, 5.74) is 9.23. The van der Waals surface area contributed by atoms with Crippen LogP contribution in [0.5, 0.6) is 5.75 Å². The Morgan fingerprint density at radius 2 is 1.66 bits per heavy atom. The van der Waals surface area contributed by atoms with Gasteiger partial charge in [-0.3, -0.25) is 32.8 Å². The Bertz CT molecular complexity index is 4230. The number of nitrogen functional groups attached to an aromatic ring is 1. The summed E-state index contributed by atoms with van der Waals surface area (Å²) in [5, 5.41) is 16.4. The Labute approximate surface area is 528 Å². The lowest BCUT2D eigenvalue weighted by Gasteiger charge is -2.43. The largest absolute Gasteiger partial charge is 0.490 e. The molecule has 1 saturated heterocycles. The fraction of sp³-hybridized carbons (Fsp3) is 0.455. The molecule has 6 heterocycles. The third-order valence-corrected chi connectivity index (χ3v) is 20.8. The number of phosphoric acid groups is 3. The fourth-order valence-electron chi connectivity index (χ4n) is 11.4. The molecule has 0 radical (unpaired) electrons. The number of hydrogen-bond donors (Lipinski definition) is 11. The van der Waals surface area contributed by atoms with Gasteiger partial charge in [0.2, 0.25) is 17.5 Å². The number of carbonyl (C=O) groups is 2. The summed E-state index contributed by atoms with van der Waals surface area (Å²) >= 11 is 0. The first kappa shape index (κ1) is 71.3. The molecule has 0 aliphatic carbocycles. The van der Waals surface area contributed by atoms with Crippen molar-refractivity contribution >= 4 is 101 Å². The quantitative estimate of drug-likeness (QED) is 0.0123. The van der Waals surface area contributed by atoms with E-state index in [0.29, 0.717) is 22.7 Å². The van der Waals surface area contributed by atoms with Gasteiger partial charge in [-0.1, -0.05) is 51.2 Å². The van der Waals surface area contributed by atoms with Gasteiger partial charge in [-0.15, -0.1) is 0 Å². The first-order chi connectivity index (χ1) is 42.6. The number of aliphatic hydroxyl groups excluding tert-OH is 1. The van der Waals surface area contributed by atoms with Crippen LogP contribution in [0.2, 0.25) is 0 Å². The number of rotatable bonds is 25. The number of alkyl carbamates (subject to hydrolysis) is 1. The monoisotopic (exact) mass is 1380 g/mol. The lowest BCUT2D eigenvalue weighted by molar-refractivity contribution is -0.437. The van der Waals surface area contributed by atoms with Gasteiger partial charge >= 0.3 is 29.6 Å². The highest BCUT2D eigenvalue weighted by atomic mass is 32.2. The number of aromatic nitrogens is 4. The normalized spacial score (nSPS) is 22.6. The Hall–Kier alpha value is -6.55. The molecule has 2 aromatic heterocycles. The molecule has 4 aliphatic heterocycles. The van der Waals surface area contributed by atoms with Crippen LogP contribution in [0, 0.1) is 5.41 Å². The van der Waals surface area contributed by atoms with Crippen molar-refractivity contribution in [2.24, 2.45) is 5.41 Å². The predicted molar refractivity (Wildman–Crippen MR) is 333 cm³/mol. The van der Waals surface area contributed by atoms with Crippen molar-refractivity contribution in [3.05, 3.63) is 112 Å². The highest BCUT2D eigenvalue weighted by molar-refractivity contribution is 7.86. The van der Waals surface area contributed by atoms with Crippen LogP contribution in [0.4, 0.5) is 22.1 Å². The number of H-pyrrole nitrogens is 1. The number of amides is 2. The molecule has 12 N–H and O–H groups in total. The van der Waals surface area contributed by atoms with Gasteiger partial charge < -0.3 is 60.2 Å². The molecule has 3 unspecified atom stereocenters. The molecule has 0 saturated carbocycles. The predicted octanol–water partition coefficient (Wildman–Crippen LogP) is 5.81. The summed E-state index contributed by atoms with van der Waals surface area (Å²) in [5.74, 6) is -0.0213. The number of carbonyl (C=O) groups excluding carboxylic acids is 2. The first-order valence-corrected chi connectivity index (χ1v) is 36.1. The number of ether oxygens (including phenoxy) is 3. The second kappa shape index (κ2) is 27.0. The lowest BCUT2D eigenvalue weighted by Crippen LogP contribution is -2.45. The van der Waals surface area contributed by atoms with Crippen LogP contribution in [-0.2, 0) is 66.8 Å². The molecule has 8 rings (SSSR count). The molecule has 502 valence electrons. The minimum Gasteiger partial charge on any atom is -0.460 e. The number of aromatic amines is 1. The lowest BCUT2D eigenvalue weighted by atomic mass is 9.75. The molecule has 4 aromatic rings. The number of allylic oxidation sites excluding steroid dienone is 9. The maximum absolute atomic E-state index is 13.5. The Kier molecular flexibility index (Phi) is 21.0. The van der Waals surface area contributed by atoms with Gasteiger partial charge in [-0.25, -0.2) is 23.5 Å². The van der Waals surface area contributed by atoms with Crippen molar-refractivity contribution in [1.29, 1.82) is 0 Å². The fourth-order valence-corrected chi connectivity index (χ4v) is 15.4. The van der Waals surface area contributed by atoms with Gasteiger partial charge in [0.05, 0.1) is 34.5 Å². The molecule has 32 nitrogen and oxygen atoms in total. The van der Waals surface area contributed by atoms with Gasteiger partial charge in [-0.05, 0) is 82.9 Å². The van der Waals surface area contributed by atoms with Crippen molar-refractivity contribution in [3.8, 4) is 5.75 Å². The van der Waals surface area contributed by atoms with Gasteiger partial charge in [0.25, 0.3) is 25.8 Å². The number of benzene rings is 2. The number of nitrogens with two attached hydrogens (primary N) is 1. The summed E-state index contributed by atoms with van der Waals surface area (Å²) in [6, 6.07) is 8.26. The van der Waals surface area contributed by atoms with E-state index in [4.69, 9.17) is 29.7 Å². The first-order valence-electron chi connectivity index (χ1n) is 28.5. The molecule has 0 spiro atoms. The zero-order valence-corrected chi connectivity index (χ0v) is 55.3. The minimum absolute atomic E-state index is 0.0377. The number of nitrogens with zero attached hydrogens (tertiary/aromatic N) is 5. The van der Waals surface area contributed by atoms with Crippen LogP contribution in [0.1, 0.15) is 104 Å². The smallest absolute Gasteiger partial charge is 0.460 e. The molecule has 1 fully saturated rings. The molecular formula is C55H73N9O23P3S2+. The molecule has 0 bridgehead atoms. The zero-order valence-electron chi connectivity index (χ0n) is 51.0. The van der Waals surface area contributed by atoms with Crippen LogP contribution in [-0.4, -0.2) is 155 Å². The average Bonchev–Trinajstić information content (AvgIpc) is 1.37. The van der Waals surface area contributed by atoms with Crippen LogP contribution < -0.4 is 31.6 Å². The van der Waals surface area contributed by atoms with Crippen molar-refractivity contribution < 1.29 is 106 Å². The van der Waals surface area contributed by atoms with Crippen LogP contribution in [0.25, 0.3) is 22.3 Å². The molecule has 37 heteroatoms. The second-order valence-corrected chi connectivity index (χ2v) is 31.1. The van der Waals surface area contributed by atoms with Gasteiger partial charge in [0, 0.05) is 78.5 Å². The summed E-state index contributed by atoms with van der Waals surface area (Å²) in [6.45, 7) is 15.7. The Balaban J connectivity index is 0.972. The van der Waals surface area contributed by atoms with Gasteiger partial charge in [0.1, 0.15) is 30.3 Å². The van der Waals surface area contributed by atoms with E-state index in [2.05, 4.69) is 110 Å². The average molecular weight is 1390 g/mol. The van der Waals surface area contributed by atoms with E-state index in [-0.39, 0.29) is 67.4 Å². The Morgan fingerprint density at radius 1 is 0.957 bits per heavy atom. The summed E-state index contributed by atoms with van der Waals surface area (Å²) in [6.07, 6.45) is 6.10. The standard InChI is InChI=1S/C55H72N9O23P3S2/c1-9-64-39-28-40-36(27-35(39)32(2)29-54(64,6)7)33(25-43(83-40)53(3,4)5)15-11-10-12-16-42-55(8,37-26-34(92(79,80)81)18-19-38(37)62(42)23-14-24-91(76,77)78)20-13-17-44(65)57-21-22-58-52(68)85-47-46(66)41(30-82-89(72,73)87-90(74,75)86-88(69,70)71)84-50(47)63-31-59-45-48(63)60-51(56)61-49(45)67/h10-12,15-16,18-19,25-29,31,41,46-47,50,66H,9,13-14,17,20-24,30H2,1-8H3,(H10-,56,57,58,60,61,65,67,68,69,70,71,72,73,74,75,76,77,78,79,80,81)/p+1/t41-,46-,47-,50-,55?/m1/s1. The van der Waals surface area contributed by atoms with Crippen LogP contribution in [0.15, 0.2) is 94.6 Å². The maximum atomic E-state index is 13.5. The summed E-state index contributed by atoms with van der Waals surface area (Å²) in [7, 11) is -26.6. The van der Waals surface area contributed by atoms with E-state index < -0.39 is 114 Å². The van der Waals surface area contributed by atoms with Crippen molar-refractivity contribution in [2.45, 2.75) is 121 Å². The van der Waals surface area contributed by atoms with Crippen molar-refractivity contribution in [3.63, 3.8) is 0 Å². The summed E-state index contributed by atoms with van der Waals surface area (Å²) < 4.78 is 137. The molecule has 92 heavy (non-hydrogen) atoms. The number of aliphatic hydroxyl groups is 1. The third-order valence-electron chi connectivity index (χ3n) is 15.4. The number of hydrogen-bond acceptors (Lipinski definition) is 21. The SMILES string of the molecule is CCN1c2cc3c(cc2C(C)=CC1(C)C)C(=CC=CC=CC1=[N+](CCCS(=O)(=O)O)c2ccc(S(=O)(=O)O)cc2C1(C)CCCC(=O)NCCNC(=O)O[C@@H]1[C@H](O)[C@@H](COP(=O)(O)OP(=O)(O)OP(=O)(O)O)O[C@H]1n1cnc2c(=O)[nH]c(N)nc21)C=C(C(C)(C)C)O3. The number of likely N-dealkylation sites (N-methyl/N-ethyl adjacent to an activating group) is 1. The molecule has 2 amide bonds. The van der Waals surface area contributed by atoms with Crippen LogP contribution >= 0.6 is 23.5 Å². The van der Waals surface area contributed by atoms with E-state index in [1.807, 2.05) is 25.2 Å². The third kappa shape index (κ3) is 16.9. The Morgan fingerprint density at radius 3 is 2.33 bits per heavy atom. The van der Waals surface area contributed by atoms with Crippen molar-refractivity contribution in [1.82, 2.24) is 30.2 Å². The summed E-state index contributed by atoms with van der Waals surface area (Å²) in [4.78, 5) is 88.8. The molecule has 2 aromatic carbocycles. The van der Waals surface area contributed by atoms with E-state index in [1.165, 1.54) is 18.2 Å². The number of anilines is 2. The molecule has 7 atom stereocenters. The number of imidazole rings is 1.